The number of fused-ring (bicyclic) bond motifs is 1. The number of aromatic nitrogens is 1. The lowest BCUT2D eigenvalue weighted by atomic mass is 9.69. The highest BCUT2D eigenvalue weighted by molar-refractivity contribution is 8.00. The van der Waals surface area contributed by atoms with Crippen molar-refractivity contribution in [2.24, 2.45) is 11.3 Å². The average molecular weight is 486 g/mol. The Morgan fingerprint density at radius 3 is 2.57 bits per heavy atom. The molecule has 0 bridgehead atoms. The maximum Gasteiger partial charge on any atom is 0.234 e. The number of hydrogen-bond donors (Lipinski definition) is 1. The summed E-state index contributed by atoms with van der Waals surface area (Å²) >= 11 is 1.32. The minimum absolute atomic E-state index is 0.139. The first-order valence-corrected chi connectivity index (χ1v) is 13.0. The number of nitrogens with zero attached hydrogens (tertiary/aromatic N) is 2. The third-order valence-corrected chi connectivity index (χ3v) is 7.94. The highest BCUT2D eigenvalue weighted by Gasteiger charge is 2.32. The highest BCUT2D eigenvalue weighted by atomic mass is 32.2. The molecular formula is C29H31N3O2S. The number of aryl methyl sites for hydroxylation is 1. The Morgan fingerprint density at radius 2 is 1.89 bits per heavy atom. The molecule has 0 saturated heterocycles. The number of carbonyl (C=O) groups is 1. The molecule has 1 unspecified atom stereocenters. The molecule has 35 heavy (non-hydrogen) atoms. The van der Waals surface area contributed by atoms with Gasteiger partial charge in [-0.05, 0) is 78.6 Å². The topological polar surface area (TPSA) is 75.0 Å². The summed E-state index contributed by atoms with van der Waals surface area (Å²) in [6.07, 6.45) is 4.14. The number of carbonyl (C=O) groups excluding carboxylic acids is 1. The molecule has 1 aliphatic carbocycles. The van der Waals surface area contributed by atoms with Crippen molar-refractivity contribution in [3.63, 3.8) is 0 Å². The molecule has 0 spiro atoms. The highest BCUT2D eigenvalue weighted by Crippen LogP contribution is 2.40. The number of anilines is 1. The lowest BCUT2D eigenvalue weighted by Gasteiger charge is -2.37. The monoisotopic (exact) mass is 485 g/mol. The predicted molar refractivity (Wildman–Crippen MR) is 141 cm³/mol. The molecule has 3 aromatic rings. The minimum atomic E-state index is -0.139. The normalized spacial score (nSPS) is 15.1. The molecule has 1 aromatic heterocycles. The van der Waals surface area contributed by atoms with Gasteiger partial charge in [-0.1, -0.05) is 57.2 Å². The van der Waals surface area contributed by atoms with E-state index in [0.29, 0.717) is 27.9 Å². The molecule has 1 atom stereocenters. The quantitative estimate of drug-likeness (QED) is 0.347. The summed E-state index contributed by atoms with van der Waals surface area (Å²) in [5, 5.41) is 13.3. The van der Waals surface area contributed by atoms with E-state index in [1.54, 1.807) is 0 Å². The van der Waals surface area contributed by atoms with Gasteiger partial charge in [0.05, 0.1) is 11.3 Å². The number of benzene rings is 2. The van der Waals surface area contributed by atoms with Crippen molar-refractivity contribution in [1.82, 2.24) is 4.98 Å². The Hall–Kier alpha value is -3.30. The molecule has 0 fully saturated rings. The van der Waals surface area contributed by atoms with Crippen LogP contribution in [-0.4, -0.2) is 16.6 Å². The number of nitriles is 1. The van der Waals surface area contributed by atoms with Crippen molar-refractivity contribution < 1.29 is 9.53 Å². The molecule has 1 N–H and O–H groups in total. The van der Waals surface area contributed by atoms with E-state index >= 15 is 0 Å². The molecule has 4 rings (SSSR count). The van der Waals surface area contributed by atoms with Crippen molar-refractivity contribution in [2.45, 2.75) is 51.5 Å². The van der Waals surface area contributed by atoms with E-state index in [-0.39, 0.29) is 17.1 Å². The number of rotatable bonds is 8. The second-order valence-electron chi connectivity index (χ2n) is 9.62. The first kappa shape index (κ1) is 24.8. The van der Waals surface area contributed by atoms with Gasteiger partial charge in [-0.2, -0.15) is 5.26 Å². The van der Waals surface area contributed by atoms with Crippen LogP contribution in [0.25, 0.3) is 0 Å². The van der Waals surface area contributed by atoms with Gasteiger partial charge in [0.1, 0.15) is 22.6 Å². The lowest BCUT2D eigenvalue weighted by molar-refractivity contribution is -0.113. The zero-order valence-corrected chi connectivity index (χ0v) is 21.3. The number of ether oxygens (including phenoxy) is 1. The fourth-order valence-electron chi connectivity index (χ4n) is 4.35. The summed E-state index contributed by atoms with van der Waals surface area (Å²) in [5.74, 6) is 2.11. The van der Waals surface area contributed by atoms with Gasteiger partial charge < -0.3 is 10.1 Å². The van der Waals surface area contributed by atoms with Crippen molar-refractivity contribution in [2.75, 3.05) is 11.1 Å². The summed E-state index contributed by atoms with van der Waals surface area (Å²) in [6, 6.07) is 21.1. The Labute approximate surface area is 211 Å². The van der Waals surface area contributed by atoms with Crippen LogP contribution in [0.4, 0.5) is 5.69 Å². The van der Waals surface area contributed by atoms with Gasteiger partial charge in [-0.25, -0.2) is 4.98 Å². The zero-order chi connectivity index (χ0) is 24.8. The van der Waals surface area contributed by atoms with Gasteiger partial charge in [0, 0.05) is 11.4 Å². The molecule has 0 saturated carbocycles. The largest absolute Gasteiger partial charge is 0.457 e. The van der Waals surface area contributed by atoms with Crippen LogP contribution in [0, 0.1) is 22.7 Å². The van der Waals surface area contributed by atoms with Crippen LogP contribution in [0.1, 0.15) is 50.4 Å². The van der Waals surface area contributed by atoms with Crippen LogP contribution in [-0.2, 0) is 17.6 Å². The maximum atomic E-state index is 12.6. The molecule has 2 aromatic carbocycles. The van der Waals surface area contributed by atoms with E-state index in [2.05, 4.69) is 32.2 Å². The maximum absolute atomic E-state index is 12.6. The second-order valence-corrected chi connectivity index (χ2v) is 10.6. The van der Waals surface area contributed by atoms with Crippen LogP contribution in [0.5, 0.6) is 11.5 Å². The smallest absolute Gasteiger partial charge is 0.234 e. The van der Waals surface area contributed by atoms with E-state index in [0.717, 1.165) is 37.1 Å². The first-order chi connectivity index (χ1) is 16.9. The van der Waals surface area contributed by atoms with Crippen molar-refractivity contribution in [3.05, 3.63) is 77.5 Å². The van der Waals surface area contributed by atoms with Crippen LogP contribution < -0.4 is 10.1 Å². The fourth-order valence-corrected chi connectivity index (χ4v) is 5.13. The lowest BCUT2D eigenvalue weighted by Crippen LogP contribution is -2.29. The van der Waals surface area contributed by atoms with Crippen LogP contribution in [0.15, 0.2) is 65.7 Å². The van der Waals surface area contributed by atoms with Crippen LogP contribution >= 0.6 is 11.8 Å². The van der Waals surface area contributed by atoms with E-state index in [4.69, 9.17) is 9.72 Å². The molecule has 0 radical (unpaired) electrons. The van der Waals surface area contributed by atoms with Crippen molar-refractivity contribution in [1.29, 1.82) is 5.26 Å². The predicted octanol–water partition coefficient (Wildman–Crippen LogP) is 7.02. The van der Waals surface area contributed by atoms with E-state index in [1.807, 2.05) is 60.7 Å². The Kier molecular flexibility index (Phi) is 7.77. The first-order valence-electron chi connectivity index (χ1n) is 12.1. The summed E-state index contributed by atoms with van der Waals surface area (Å²) < 4.78 is 5.79. The molecule has 1 aliphatic rings. The van der Waals surface area contributed by atoms with E-state index in [9.17, 15) is 10.1 Å². The van der Waals surface area contributed by atoms with Gasteiger partial charge in [0.15, 0.2) is 0 Å². The van der Waals surface area contributed by atoms with Gasteiger partial charge in [0.25, 0.3) is 0 Å². The summed E-state index contributed by atoms with van der Waals surface area (Å²) in [5.41, 5.74) is 3.79. The molecule has 1 heterocycles. The average Bonchev–Trinajstić information content (AvgIpc) is 2.88. The number of hydrogen-bond acceptors (Lipinski definition) is 5. The van der Waals surface area contributed by atoms with Gasteiger partial charge in [0.2, 0.25) is 5.91 Å². The molecule has 0 aliphatic heterocycles. The van der Waals surface area contributed by atoms with Crippen LogP contribution in [0.3, 0.4) is 0 Å². The Morgan fingerprint density at radius 1 is 1.17 bits per heavy atom. The SMILES string of the molecule is CCC(C)(C)C1CCc2nc(SCC(=O)Nc3ccc(Oc4ccccc4)cc3)c(C#N)cc2C1. The number of pyridine rings is 1. The molecular weight excluding hydrogens is 454 g/mol. The van der Waals surface area contributed by atoms with E-state index < -0.39 is 0 Å². The molecule has 1 amide bonds. The molecule has 5 nitrogen and oxygen atoms in total. The third kappa shape index (κ3) is 6.23. The number of nitrogens with one attached hydrogen (secondary N) is 1. The molecule has 180 valence electrons. The number of thioether (sulfide) groups is 1. The molecule has 6 heteroatoms. The summed E-state index contributed by atoms with van der Waals surface area (Å²) in [4.78, 5) is 17.4. The van der Waals surface area contributed by atoms with Crippen molar-refractivity contribution in [3.8, 4) is 17.6 Å². The van der Waals surface area contributed by atoms with Gasteiger partial charge in [-0.3, -0.25) is 4.79 Å². The van der Waals surface area contributed by atoms with Crippen molar-refractivity contribution >= 4 is 23.4 Å². The van der Waals surface area contributed by atoms with E-state index in [1.165, 1.54) is 17.3 Å². The second kappa shape index (κ2) is 11.0. The van der Waals surface area contributed by atoms with Gasteiger partial charge in [-0.15, -0.1) is 0 Å². The van der Waals surface area contributed by atoms with Crippen LogP contribution in [0.2, 0.25) is 0 Å². The van der Waals surface area contributed by atoms with Gasteiger partial charge >= 0.3 is 0 Å². The third-order valence-electron chi connectivity index (χ3n) is 6.95. The Balaban J connectivity index is 1.35. The number of para-hydroxylation sites is 1. The number of amides is 1. The standard InChI is InChI=1S/C29H31N3O2S/c1-4-29(2,3)22-10-15-26-20(17-22)16-21(18-30)28(32-26)35-19-27(33)31-23-11-13-25(14-12-23)34-24-8-6-5-7-9-24/h5-9,11-14,16,22H,4,10,15,17,19H2,1-3H3,(H,31,33). The summed E-state index contributed by atoms with van der Waals surface area (Å²) in [6.45, 7) is 6.90. The fraction of sp³-hybridized carbons (Fsp3) is 0.345. The minimum Gasteiger partial charge on any atom is -0.457 e. The summed E-state index contributed by atoms with van der Waals surface area (Å²) in [7, 11) is 0. The zero-order valence-electron chi connectivity index (χ0n) is 20.5. The Bertz CT molecular complexity index is 1220.